The second kappa shape index (κ2) is 12.9. The van der Waals surface area contributed by atoms with Gasteiger partial charge >= 0.3 is 0 Å². The molecule has 50 heavy (non-hydrogen) atoms. The van der Waals surface area contributed by atoms with Crippen molar-refractivity contribution in [1.29, 1.82) is 0 Å². The zero-order chi connectivity index (χ0) is 33.3. The molecule has 0 N–H and O–H groups in total. The number of hydrogen-bond donors (Lipinski definition) is 0. The summed E-state index contributed by atoms with van der Waals surface area (Å²) in [6, 6.07) is 63.6. The van der Waals surface area contributed by atoms with E-state index in [1.807, 2.05) is 0 Å². The molecule has 0 bridgehead atoms. The molecule has 2 nitrogen and oxygen atoms in total. The van der Waals surface area contributed by atoms with Crippen LogP contribution in [0.15, 0.2) is 194 Å². The number of aromatic nitrogens is 1. The average Bonchev–Trinajstić information content (AvgIpc) is 3.53. The maximum atomic E-state index is 2.45. The van der Waals surface area contributed by atoms with E-state index in [9.17, 15) is 0 Å². The van der Waals surface area contributed by atoms with Crippen molar-refractivity contribution in [1.82, 2.24) is 4.57 Å². The van der Waals surface area contributed by atoms with E-state index in [1.54, 1.807) is 0 Å². The summed E-state index contributed by atoms with van der Waals surface area (Å²) in [5.74, 6) is 0. The van der Waals surface area contributed by atoms with Gasteiger partial charge in [-0.3, -0.25) is 0 Å². The van der Waals surface area contributed by atoms with Gasteiger partial charge in [-0.05, 0) is 107 Å². The highest BCUT2D eigenvalue weighted by Crippen LogP contribution is 2.38. The molecule has 9 rings (SSSR count). The first kappa shape index (κ1) is 29.7. The van der Waals surface area contributed by atoms with Gasteiger partial charge in [0.05, 0.1) is 11.0 Å². The van der Waals surface area contributed by atoms with Crippen LogP contribution in [0, 0.1) is 0 Å². The monoisotopic (exact) mass is 640 g/mol. The van der Waals surface area contributed by atoms with E-state index < -0.39 is 0 Å². The molecule has 0 fully saturated rings. The van der Waals surface area contributed by atoms with Crippen LogP contribution in [0.25, 0.3) is 60.9 Å². The Hall–Kier alpha value is -6.38. The van der Waals surface area contributed by atoms with Crippen LogP contribution in [0.3, 0.4) is 0 Å². The minimum Gasteiger partial charge on any atom is -0.313 e. The topological polar surface area (TPSA) is 8.17 Å². The summed E-state index contributed by atoms with van der Waals surface area (Å²) in [7, 11) is 0. The standard InChI is InChI=1S/C48H36N2/c1-4-12-35(13-5-1)37-24-29-43(30-25-37)49(41-14-6-2-7-15-41)44-31-26-38(27-32-44)36-20-22-39(23-21-36)40-28-33-48-46(34-40)45-18-10-11-19-47(45)50(48)42-16-8-3-9-17-42/h1-8,10-16,18-34H,9,17H2. The maximum absolute atomic E-state index is 2.45. The normalized spacial score (nSPS) is 12.7. The van der Waals surface area contributed by atoms with Gasteiger partial charge in [-0.1, -0.05) is 133 Å². The first-order valence-corrected chi connectivity index (χ1v) is 17.4. The predicted octanol–water partition coefficient (Wildman–Crippen LogP) is 13.5. The fourth-order valence-corrected chi connectivity index (χ4v) is 7.35. The molecule has 0 atom stereocenters. The lowest BCUT2D eigenvalue weighted by Gasteiger charge is -2.26. The number of hydrogen-bond acceptors (Lipinski definition) is 1. The molecule has 0 aliphatic heterocycles. The molecule has 0 radical (unpaired) electrons. The van der Waals surface area contributed by atoms with E-state index in [4.69, 9.17) is 0 Å². The molecule has 1 heterocycles. The highest BCUT2D eigenvalue weighted by Gasteiger charge is 2.16. The minimum absolute atomic E-state index is 1.06. The Balaban J connectivity index is 1.01. The van der Waals surface area contributed by atoms with Crippen molar-refractivity contribution in [2.24, 2.45) is 0 Å². The summed E-state index contributed by atoms with van der Waals surface area (Å²) in [6.45, 7) is 0. The maximum Gasteiger partial charge on any atom is 0.0538 e. The van der Waals surface area contributed by atoms with E-state index in [0.29, 0.717) is 0 Å². The van der Waals surface area contributed by atoms with E-state index in [-0.39, 0.29) is 0 Å². The molecule has 7 aromatic carbocycles. The van der Waals surface area contributed by atoms with Crippen molar-refractivity contribution < 1.29 is 0 Å². The molecule has 0 saturated carbocycles. The summed E-state index contributed by atoms with van der Waals surface area (Å²) in [6.07, 6.45) is 8.84. The average molecular weight is 641 g/mol. The highest BCUT2D eigenvalue weighted by molar-refractivity contribution is 6.11. The molecule has 0 amide bonds. The molecule has 0 saturated heterocycles. The summed E-state index contributed by atoms with van der Waals surface area (Å²) in [4.78, 5) is 2.32. The van der Waals surface area contributed by atoms with E-state index in [1.165, 1.54) is 60.9 Å². The summed E-state index contributed by atoms with van der Waals surface area (Å²) in [5.41, 5.74) is 14.6. The fourth-order valence-electron chi connectivity index (χ4n) is 7.35. The van der Waals surface area contributed by atoms with Crippen LogP contribution in [0.1, 0.15) is 12.8 Å². The lowest BCUT2D eigenvalue weighted by Crippen LogP contribution is -2.09. The third-order valence-electron chi connectivity index (χ3n) is 9.88. The van der Waals surface area contributed by atoms with Gasteiger partial charge in [0.15, 0.2) is 0 Å². The lowest BCUT2D eigenvalue weighted by atomic mass is 9.98. The Bertz CT molecular complexity index is 2480. The van der Waals surface area contributed by atoms with Crippen molar-refractivity contribution in [3.8, 4) is 33.4 Å². The number of nitrogens with zero attached hydrogens (tertiary/aromatic N) is 2. The van der Waals surface area contributed by atoms with Crippen molar-refractivity contribution in [2.75, 3.05) is 4.90 Å². The van der Waals surface area contributed by atoms with Crippen molar-refractivity contribution in [3.05, 3.63) is 194 Å². The Morgan fingerprint density at radius 1 is 0.400 bits per heavy atom. The van der Waals surface area contributed by atoms with Gasteiger partial charge in [0, 0.05) is 33.5 Å². The quantitative estimate of drug-likeness (QED) is 0.168. The smallest absolute Gasteiger partial charge is 0.0538 e. The number of fused-ring (bicyclic) bond motifs is 3. The highest BCUT2D eigenvalue weighted by atomic mass is 15.1. The number of allylic oxidation sites excluding steroid dienone is 4. The van der Waals surface area contributed by atoms with Crippen molar-refractivity contribution in [3.63, 3.8) is 0 Å². The van der Waals surface area contributed by atoms with Crippen LogP contribution < -0.4 is 4.90 Å². The molecule has 1 aliphatic rings. The SMILES string of the molecule is C1=CCCC(n2c3ccccc3c3cc(-c4ccc(-c5ccc(N(c6ccccc6)c6ccc(-c7ccccc7)cc6)cc5)cc4)ccc32)=C1. The molecule has 1 aliphatic carbocycles. The zero-order valence-corrected chi connectivity index (χ0v) is 27.8. The molecule has 8 aromatic rings. The summed E-state index contributed by atoms with van der Waals surface area (Å²) in [5, 5.41) is 2.60. The van der Waals surface area contributed by atoms with Crippen LogP contribution in [0.5, 0.6) is 0 Å². The minimum atomic E-state index is 1.06. The molecule has 238 valence electrons. The molecule has 0 unspecified atom stereocenters. The molecule has 2 heteroatoms. The second-order valence-electron chi connectivity index (χ2n) is 12.9. The molecular formula is C48H36N2. The van der Waals surface area contributed by atoms with Crippen LogP contribution in [-0.2, 0) is 0 Å². The van der Waals surface area contributed by atoms with Gasteiger partial charge in [-0.2, -0.15) is 0 Å². The lowest BCUT2D eigenvalue weighted by molar-refractivity contribution is 0.979. The van der Waals surface area contributed by atoms with Gasteiger partial charge in [-0.15, -0.1) is 0 Å². The Morgan fingerprint density at radius 2 is 0.880 bits per heavy atom. The second-order valence-corrected chi connectivity index (χ2v) is 12.9. The van der Waals surface area contributed by atoms with Gasteiger partial charge in [0.25, 0.3) is 0 Å². The number of para-hydroxylation sites is 2. The molecule has 0 spiro atoms. The van der Waals surface area contributed by atoms with Gasteiger partial charge in [0.1, 0.15) is 0 Å². The van der Waals surface area contributed by atoms with E-state index in [2.05, 4.69) is 204 Å². The van der Waals surface area contributed by atoms with E-state index >= 15 is 0 Å². The van der Waals surface area contributed by atoms with Crippen molar-refractivity contribution >= 4 is 44.6 Å². The Labute approximate surface area is 293 Å². The van der Waals surface area contributed by atoms with Gasteiger partial charge in [-0.25, -0.2) is 0 Å². The molecule has 1 aromatic heterocycles. The third-order valence-corrected chi connectivity index (χ3v) is 9.88. The van der Waals surface area contributed by atoms with Crippen LogP contribution in [0.2, 0.25) is 0 Å². The van der Waals surface area contributed by atoms with Gasteiger partial charge in [0.2, 0.25) is 0 Å². The van der Waals surface area contributed by atoms with Crippen LogP contribution in [-0.4, -0.2) is 4.57 Å². The number of anilines is 3. The first-order chi connectivity index (χ1) is 24.8. The number of benzene rings is 7. The van der Waals surface area contributed by atoms with Gasteiger partial charge < -0.3 is 9.47 Å². The summed E-state index contributed by atoms with van der Waals surface area (Å²) >= 11 is 0. The van der Waals surface area contributed by atoms with Crippen molar-refractivity contribution in [2.45, 2.75) is 12.8 Å². The van der Waals surface area contributed by atoms with Crippen LogP contribution in [0.4, 0.5) is 17.1 Å². The fraction of sp³-hybridized carbons (Fsp3) is 0.0417. The first-order valence-electron chi connectivity index (χ1n) is 17.4. The largest absolute Gasteiger partial charge is 0.313 e. The third kappa shape index (κ3) is 5.51. The number of rotatable bonds is 7. The summed E-state index contributed by atoms with van der Waals surface area (Å²) < 4.78 is 2.45. The Morgan fingerprint density at radius 3 is 1.50 bits per heavy atom. The predicted molar refractivity (Wildman–Crippen MR) is 213 cm³/mol. The Kier molecular flexibility index (Phi) is 7.68. The molecular weight excluding hydrogens is 605 g/mol. The van der Waals surface area contributed by atoms with E-state index in [0.717, 1.165) is 29.9 Å². The zero-order valence-electron chi connectivity index (χ0n) is 27.8. The van der Waals surface area contributed by atoms with Crippen LogP contribution >= 0.6 is 0 Å².